The van der Waals surface area contributed by atoms with Gasteiger partial charge in [0.05, 0.1) is 0 Å². The van der Waals surface area contributed by atoms with E-state index in [4.69, 9.17) is 4.84 Å². The van der Waals surface area contributed by atoms with Crippen molar-refractivity contribution in [3.8, 4) is 0 Å². The molecule has 0 spiro atoms. The van der Waals surface area contributed by atoms with Crippen molar-refractivity contribution >= 4 is 6.21 Å². The van der Waals surface area contributed by atoms with Crippen LogP contribution in [0.25, 0.3) is 0 Å². The maximum absolute atomic E-state index is 5.64. The lowest BCUT2D eigenvalue weighted by molar-refractivity contribution is 0.0988. The van der Waals surface area contributed by atoms with Crippen molar-refractivity contribution in [1.29, 1.82) is 0 Å². The summed E-state index contributed by atoms with van der Waals surface area (Å²) in [7, 11) is 0. The highest BCUT2D eigenvalue weighted by Gasteiger charge is 2.10. The van der Waals surface area contributed by atoms with Crippen molar-refractivity contribution in [2.75, 3.05) is 6.61 Å². The fraction of sp³-hybridized carbons (Fsp3) is 0.542. The maximum atomic E-state index is 5.64. The number of oxime groups is 1. The highest BCUT2D eigenvalue weighted by molar-refractivity contribution is 5.60. The summed E-state index contributed by atoms with van der Waals surface area (Å²) in [5, 5.41) is 4.21. The van der Waals surface area contributed by atoms with E-state index >= 15 is 0 Å². The van der Waals surface area contributed by atoms with Crippen molar-refractivity contribution < 1.29 is 4.84 Å². The third-order valence-electron chi connectivity index (χ3n) is 5.05. The molecule has 0 aromatic heterocycles. The average molecular weight is 354 g/mol. The highest BCUT2D eigenvalue weighted by atomic mass is 16.6. The van der Waals surface area contributed by atoms with Crippen molar-refractivity contribution in [1.82, 2.24) is 0 Å². The van der Waals surface area contributed by atoms with Gasteiger partial charge in [-0.1, -0.05) is 111 Å². The van der Waals surface area contributed by atoms with Crippen LogP contribution in [-0.2, 0) is 11.3 Å². The van der Waals surface area contributed by atoms with Gasteiger partial charge in [0.15, 0.2) is 0 Å². The molecule has 1 aliphatic carbocycles. The van der Waals surface area contributed by atoms with Gasteiger partial charge in [-0.15, -0.1) is 0 Å². The molecule has 1 aromatic carbocycles. The molecule has 1 saturated carbocycles. The second kappa shape index (κ2) is 14.4. The summed E-state index contributed by atoms with van der Waals surface area (Å²) in [5.41, 5.74) is 1.23. The van der Waals surface area contributed by atoms with Gasteiger partial charge in [-0.25, -0.2) is 0 Å². The van der Waals surface area contributed by atoms with Crippen LogP contribution >= 0.6 is 0 Å². The predicted octanol–water partition coefficient (Wildman–Crippen LogP) is 6.89. The van der Waals surface area contributed by atoms with E-state index in [1.165, 1.54) is 69.8 Å². The van der Waals surface area contributed by atoms with Crippen LogP contribution in [0.1, 0.15) is 69.8 Å². The number of rotatable bonds is 5. The van der Waals surface area contributed by atoms with Crippen LogP contribution in [0.2, 0.25) is 0 Å². The SMILES string of the molecule is C(/Cc1ccccccccc1)=N\OCC1CCCCCCCCCC1. The number of nitrogens with zero attached hydrogens (tertiary/aromatic N) is 1. The Bertz CT molecular complexity index is 517. The Balaban J connectivity index is 1.75. The van der Waals surface area contributed by atoms with Gasteiger partial charge in [0.1, 0.15) is 6.61 Å². The minimum atomic E-state index is 0.679. The van der Waals surface area contributed by atoms with E-state index in [-0.39, 0.29) is 0 Å². The van der Waals surface area contributed by atoms with E-state index in [0.717, 1.165) is 13.0 Å². The van der Waals surface area contributed by atoms with E-state index in [0.29, 0.717) is 5.92 Å². The molecule has 0 saturated heterocycles. The fourth-order valence-electron chi connectivity index (χ4n) is 3.45. The Labute approximate surface area is 160 Å². The second-order valence-electron chi connectivity index (χ2n) is 7.32. The molecule has 26 heavy (non-hydrogen) atoms. The third kappa shape index (κ3) is 10.2. The molecular formula is C24H35NO. The molecule has 0 amide bonds. The van der Waals surface area contributed by atoms with Gasteiger partial charge in [0.2, 0.25) is 0 Å². The van der Waals surface area contributed by atoms with E-state index < -0.39 is 0 Å². The normalized spacial score (nSPS) is 17.2. The first-order chi connectivity index (χ1) is 12.9. The quantitative estimate of drug-likeness (QED) is 0.417. The summed E-state index contributed by atoms with van der Waals surface area (Å²) in [5.74, 6) is 0.679. The monoisotopic (exact) mass is 353 g/mol. The van der Waals surface area contributed by atoms with Crippen LogP contribution in [0.15, 0.2) is 59.8 Å². The van der Waals surface area contributed by atoms with Crippen LogP contribution < -0.4 is 0 Å². The standard InChI is InChI=1S/C24H35NO/c1-2-5-11-15-19-24(18-14-10-4-1)22-26-25-21-20-23-16-12-8-6-3-7-9-13-17-23/h3,6-9,12-13,16-17,21,24H,1-2,4-5,10-11,14-15,18-20,22H2/b6-3?,7-3?,8-6?,9-7?,12-8?,13-9?,16-12?,17-13?,23-16?,23-17?,25-21+. The van der Waals surface area contributed by atoms with Gasteiger partial charge in [-0.2, -0.15) is 0 Å². The van der Waals surface area contributed by atoms with Crippen molar-refractivity contribution in [2.24, 2.45) is 11.1 Å². The Morgan fingerprint density at radius 2 is 1.23 bits per heavy atom. The zero-order chi connectivity index (χ0) is 18.1. The van der Waals surface area contributed by atoms with Crippen molar-refractivity contribution in [3.63, 3.8) is 0 Å². The summed E-state index contributed by atoms with van der Waals surface area (Å²) in [6, 6.07) is 18.5. The first-order valence-electron chi connectivity index (χ1n) is 10.5. The number of hydrogen-bond donors (Lipinski definition) is 0. The minimum absolute atomic E-state index is 0.679. The molecule has 1 aromatic rings. The van der Waals surface area contributed by atoms with E-state index in [9.17, 15) is 0 Å². The molecule has 0 aliphatic heterocycles. The predicted molar refractivity (Wildman–Crippen MR) is 112 cm³/mol. The summed E-state index contributed by atoms with van der Waals surface area (Å²) < 4.78 is 0. The molecule has 0 radical (unpaired) electrons. The van der Waals surface area contributed by atoms with Crippen molar-refractivity contribution in [2.45, 2.75) is 70.6 Å². The van der Waals surface area contributed by atoms with E-state index in [2.05, 4.69) is 29.4 Å². The minimum Gasteiger partial charge on any atom is -0.396 e. The first kappa shape index (κ1) is 20.5. The van der Waals surface area contributed by atoms with Crippen LogP contribution in [0, 0.1) is 5.92 Å². The van der Waals surface area contributed by atoms with Crippen molar-refractivity contribution in [3.05, 3.63) is 60.2 Å². The van der Waals surface area contributed by atoms with Gasteiger partial charge >= 0.3 is 0 Å². The van der Waals surface area contributed by atoms with E-state index in [1.54, 1.807) is 0 Å². The molecule has 0 bridgehead atoms. The molecule has 1 fully saturated rings. The smallest absolute Gasteiger partial charge is 0.120 e. The van der Waals surface area contributed by atoms with Crippen LogP contribution in [0.5, 0.6) is 0 Å². The van der Waals surface area contributed by atoms with Gasteiger partial charge in [-0.3, -0.25) is 0 Å². The lowest BCUT2D eigenvalue weighted by Gasteiger charge is -2.14. The summed E-state index contributed by atoms with van der Waals surface area (Å²) in [6.07, 6.45) is 16.4. The zero-order valence-electron chi connectivity index (χ0n) is 16.2. The first-order valence-corrected chi connectivity index (χ1v) is 10.5. The Kier molecular flexibility index (Phi) is 11.3. The van der Waals surface area contributed by atoms with Crippen LogP contribution in [-0.4, -0.2) is 12.8 Å². The average Bonchev–Trinajstić information content (AvgIpc) is 2.72. The Morgan fingerprint density at radius 1 is 0.731 bits per heavy atom. The van der Waals surface area contributed by atoms with Crippen LogP contribution in [0.3, 0.4) is 0 Å². The molecule has 2 nitrogen and oxygen atoms in total. The summed E-state index contributed by atoms with van der Waals surface area (Å²) >= 11 is 0. The lowest BCUT2D eigenvalue weighted by Crippen LogP contribution is -2.08. The molecule has 2 rings (SSSR count). The topological polar surface area (TPSA) is 21.6 Å². The van der Waals surface area contributed by atoms with Gasteiger partial charge < -0.3 is 4.84 Å². The molecule has 142 valence electrons. The molecule has 2 heteroatoms. The van der Waals surface area contributed by atoms with Gasteiger partial charge in [0, 0.05) is 12.6 Å². The van der Waals surface area contributed by atoms with Crippen LogP contribution in [0.4, 0.5) is 0 Å². The van der Waals surface area contributed by atoms with Gasteiger partial charge in [-0.05, 0) is 24.3 Å². The molecule has 0 unspecified atom stereocenters. The molecular weight excluding hydrogens is 318 g/mol. The lowest BCUT2D eigenvalue weighted by atomic mass is 9.96. The largest absolute Gasteiger partial charge is 0.396 e. The van der Waals surface area contributed by atoms with Gasteiger partial charge in [0.25, 0.3) is 0 Å². The molecule has 0 heterocycles. The molecule has 0 atom stereocenters. The Hall–Kier alpha value is -1.83. The Morgan fingerprint density at radius 3 is 1.81 bits per heavy atom. The van der Waals surface area contributed by atoms with E-state index in [1.807, 2.05) is 36.5 Å². The number of hydrogen-bond acceptors (Lipinski definition) is 2. The summed E-state index contributed by atoms with van der Waals surface area (Å²) in [6.45, 7) is 0.777. The summed E-state index contributed by atoms with van der Waals surface area (Å²) in [4.78, 5) is 5.64. The second-order valence-corrected chi connectivity index (χ2v) is 7.32. The molecule has 0 N–H and O–H groups in total. The highest BCUT2D eigenvalue weighted by Crippen LogP contribution is 2.21. The fourth-order valence-corrected chi connectivity index (χ4v) is 3.45. The zero-order valence-corrected chi connectivity index (χ0v) is 16.2. The maximum Gasteiger partial charge on any atom is 0.120 e. The molecule has 1 aliphatic rings. The third-order valence-corrected chi connectivity index (χ3v) is 5.05.